The molecule has 0 N–H and O–H groups in total. The number of benzene rings is 3. The van der Waals surface area contributed by atoms with Crippen molar-refractivity contribution in [3.8, 4) is 11.5 Å². The topological polar surface area (TPSA) is 52.8 Å². The van der Waals surface area contributed by atoms with Crippen molar-refractivity contribution in [3.05, 3.63) is 97.3 Å². The van der Waals surface area contributed by atoms with Crippen LogP contribution in [0.25, 0.3) is 22.1 Å². The Morgan fingerprint density at radius 2 is 1.91 bits per heavy atom. The van der Waals surface area contributed by atoms with Gasteiger partial charge in [0.2, 0.25) is 0 Å². The van der Waals surface area contributed by atoms with Crippen molar-refractivity contribution in [2.24, 2.45) is 0 Å². The molecule has 160 valence electrons. The van der Waals surface area contributed by atoms with Gasteiger partial charge in [0.15, 0.2) is 16.5 Å². The number of para-hydroxylation sites is 2. The van der Waals surface area contributed by atoms with Crippen molar-refractivity contribution >= 4 is 45.0 Å². The van der Waals surface area contributed by atoms with Gasteiger partial charge in [-0.15, -0.1) is 0 Å². The molecule has 0 atom stereocenters. The lowest BCUT2D eigenvalue weighted by atomic mass is 10.1. The molecule has 2 heterocycles. The van der Waals surface area contributed by atoms with Gasteiger partial charge in [-0.3, -0.25) is 4.79 Å². The van der Waals surface area contributed by atoms with Crippen molar-refractivity contribution in [2.45, 2.75) is 13.5 Å². The average molecular weight is 463 g/mol. The number of imidazole rings is 1. The molecule has 0 bridgehead atoms. The Bertz CT molecular complexity index is 1550. The number of nitrogens with zero attached hydrogens (tertiary/aromatic N) is 2. The molecule has 7 heteroatoms. The fourth-order valence-corrected chi connectivity index (χ4v) is 4.83. The summed E-state index contributed by atoms with van der Waals surface area (Å²) < 4.78 is 13.7. The van der Waals surface area contributed by atoms with Gasteiger partial charge in [0.25, 0.3) is 5.56 Å². The molecule has 5 aromatic rings. The van der Waals surface area contributed by atoms with Gasteiger partial charge in [-0.1, -0.05) is 64.9 Å². The standard InChI is InChI=1S/C25H19ClN2O3S/c1-15-7-9-16(10-8-15)14-31-23-18(26)11-17(12-21(23)30-2)13-22-24(29)28-20-6-4-3-5-19(20)27-25(28)32-22/h3-13H,14H2,1-2H3. The number of ether oxygens (including phenoxy) is 2. The van der Waals surface area contributed by atoms with Crippen molar-refractivity contribution < 1.29 is 9.47 Å². The maximum Gasteiger partial charge on any atom is 0.274 e. The van der Waals surface area contributed by atoms with Gasteiger partial charge in [0.1, 0.15) is 6.61 Å². The van der Waals surface area contributed by atoms with Crippen molar-refractivity contribution in [1.29, 1.82) is 0 Å². The fourth-order valence-electron chi connectivity index (χ4n) is 3.57. The molecular formula is C25H19ClN2O3S. The van der Waals surface area contributed by atoms with E-state index in [1.807, 2.05) is 61.5 Å². The molecule has 5 rings (SSSR count). The summed E-state index contributed by atoms with van der Waals surface area (Å²) in [5, 5.41) is 0.418. The van der Waals surface area contributed by atoms with E-state index in [4.69, 9.17) is 21.1 Å². The molecule has 32 heavy (non-hydrogen) atoms. The first kappa shape index (κ1) is 20.5. The van der Waals surface area contributed by atoms with Gasteiger partial charge in [-0.05, 0) is 48.4 Å². The first-order chi connectivity index (χ1) is 15.5. The zero-order chi connectivity index (χ0) is 22.2. The van der Waals surface area contributed by atoms with E-state index in [2.05, 4.69) is 4.98 Å². The molecule has 0 fully saturated rings. The Morgan fingerprint density at radius 1 is 1.12 bits per heavy atom. The smallest absolute Gasteiger partial charge is 0.274 e. The highest BCUT2D eigenvalue weighted by Gasteiger charge is 2.14. The van der Waals surface area contributed by atoms with Crippen LogP contribution in [0, 0.1) is 6.92 Å². The van der Waals surface area contributed by atoms with Gasteiger partial charge in [-0.25, -0.2) is 9.38 Å². The Hall–Kier alpha value is -3.35. The predicted molar refractivity (Wildman–Crippen MR) is 129 cm³/mol. The summed E-state index contributed by atoms with van der Waals surface area (Å²) in [5.74, 6) is 0.983. The zero-order valence-corrected chi connectivity index (χ0v) is 19.0. The minimum absolute atomic E-state index is 0.103. The third kappa shape index (κ3) is 3.72. The summed E-state index contributed by atoms with van der Waals surface area (Å²) >= 11 is 7.87. The van der Waals surface area contributed by atoms with Crippen molar-refractivity contribution in [1.82, 2.24) is 9.38 Å². The largest absolute Gasteiger partial charge is 0.493 e. The molecule has 0 spiro atoms. The zero-order valence-electron chi connectivity index (χ0n) is 17.5. The SMILES string of the molecule is COc1cc(C=c2sc3nc4ccccc4n3c2=O)cc(Cl)c1OCc1ccc(C)cc1. The number of aromatic nitrogens is 2. The van der Waals surface area contributed by atoms with Gasteiger partial charge >= 0.3 is 0 Å². The first-order valence-corrected chi connectivity index (χ1v) is 11.2. The molecule has 0 aliphatic rings. The number of aryl methyl sites for hydroxylation is 1. The molecule has 3 aromatic carbocycles. The molecule has 0 amide bonds. The number of rotatable bonds is 5. The molecule has 5 nitrogen and oxygen atoms in total. The lowest BCUT2D eigenvalue weighted by molar-refractivity contribution is 0.284. The van der Waals surface area contributed by atoms with Gasteiger partial charge < -0.3 is 9.47 Å². The van der Waals surface area contributed by atoms with Crippen molar-refractivity contribution in [3.63, 3.8) is 0 Å². The van der Waals surface area contributed by atoms with E-state index in [9.17, 15) is 4.79 Å². The normalized spacial score (nSPS) is 12.0. The molecule has 0 unspecified atom stereocenters. The van der Waals surface area contributed by atoms with Crippen LogP contribution in [0.5, 0.6) is 11.5 Å². The Labute approximate surface area is 193 Å². The van der Waals surface area contributed by atoms with Crippen molar-refractivity contribution in [2.75, 3.05) is 7.11 Å². The van der Waals surface area contributed by atoms with E-state index in [1.54, 1.807) is 23.7 Å². The summed E-state index contributed by atoms with van der Waals surface area (Å²) in [6.45, 7) is 2.42. The molecule has 0 saturated heterocycles. The van der Waals surface area contributed by atoms with E-state index in [0.717, 1.165) is 22.2 Å². The summed E-state index contributed by atoms with van der Waals surface area (Å²) in [4.78, 5) is 18.2. The highest BCUT2D eigenvalue weighted by molar-refractivity contribution is 7.15. The predicted octanol–water partition coefficient (Wildman–Crippen LogP) is 5.01. The summed E-state index contributed by atoms with van der Waals surface area (Å²) in [7, 11) is 1.57. The second kappa shape index (κ2) is 8.30. The molecule has 0 aliphatic heterocycles. The van der Waals surface area contributed by atoms with Crippen LogP contribution in [-0.4, -0.2) is 16.5 Å². The molecule has 2 aromatic heterocycles. The summed E-state index contributed by atoms with van der Waals surface area (Å²) in [6.07, 6.45) is 1.80. The summed E-state index contributed by atoms with van der Waals surface area (Å²) in [6, 6.07) is 19.3. The monoisotopic (exact) mass is 462 g/mol. The van der Waals surface area contributed by atoms with Gasteiger partial charge in [0, 0.05) is 0 Å². The van der Waals surface area contributed by atoms with Crippen LogP contribution in [-0.2, 0) is 6.61 Å². The number of hydrogen-bond donors (Lipinski definition) is 0. The number of thiazole rings is 1. The van der Waals surface area contributed by atoms with Crippen LogP contribution < -0.4 is 19.6 Å². The average Bonchev–Trinajstić information content (AvgIpc) is 3.30. The van der Waals surface area contributed by atoms with Crippen LogP contribution in [0.2, 0.25) is 5.02 Å². The Kier molecular flexibility index (Phi) is 5.33. The van der Waals surface area contributed by atoms with Crippen LogP contribution >= 0.6 is 22.9 Å². The van der Waals surface area contributed by atoms with E-state index in [0.29, 0.717) is 32.6 Å². The second-order valence-electron chi connectivity index (χ2n) is 7.44. The van der Waals surface area contributed by atoms with E-state index in [-0.39, 0.29) is 5.56 Å². The minimum atomic E-state index is -0.103. The Morgan fingerprint density at radius 3 is 2.69 bits per heavy atom. The second-order valence-corrected chi connectivity index (χ2v) is 8.86. The van der Waals surface area contributed by atoms with Crippen LogP contribution in [0.3, 0.4) is 0 Å². The van der Waals surface area contributed by atoms with Crippen LogP contribution in [0.15, 0.2) is 65.5 Å². The first-order valence-electron chi connectivity index (χ1n) is 10.0. The van der Waals surface area contributed by atoms with E-state index in [1.165, 1.54) is 16.9 Å². The molecule has 0 aliphatic carbocycles. The lowest BCUT2D eigenvalue weighted by Gasteiger charge is -2.13. The highest BCUT2D eigenvalue weighted by Crippen LogP contribution is 2.37. The number of methoxy groups -OCH3 is 1. The number of halogens is 1. The quantitative estimate of drug-likeness (QED) is 0.368. The lowest BCUT2D eigenvalue weighted by Crippen LogP contribution is -2.22. The van der Waals surface area contributed by atoms with Crippen LogP contribution in [0.4, 0.5) is 0 Å². The highest BCUT2D eigenvalue weighted by atomic mass is 35.5. The summed E-state index contributed by atoms with van der Waals surface area (Å²) in [5.41, 5.74) is 4.49. The number of hydrogen-bond acceptors (Lipinski definition) is 5. The maximum atomic E-state index is 13.0. The van der Waals surface area contributed by atoms with E-state index < -0.39 is 0 Å². The maximum absolute atomic E-state index is 13.0. The minimum Gasteiger partial charge on any atom is -0.493 e. The third-order valence-electron chi connectivity index (χ3n) is 5.20. The fraction of sp³-hybridized carbons (Fsp3) is 0.120. The Balaban J connectivity index is 1.51. The molecule has 0 saturated carbocycles. The molecule has 0 radical (unpaired) electrons. The van der Waals surface area contributed by atoms with Crippen LogP contribution in [0.1, 0.15) is 16.7 Å². The van der Waals surface area contributed by atoms with E-state index >= 15 is 0 Å². The third-order valence-corrected chi connectivity index (χ3v) is 6.45. The van der Waals surface area contributed by atoms with Gasteiger partial charge in [0.05, 0.1) is 27.7 Å². The van der Waals surface area contributed by atoms with Gasteiger partial charge in [-0.2, -0.15) is 0 Å². The number of fused-ring (bicyclic) bond motifs is 3. The molecular weight excluding hydrogens is 444 g/mol.